The van der Waals surface area contributed by atoms with Crippen LogP contribution in [-0.2, 0) is 9.59 Å². The Morgan fingerprint density at radius 2 is 2.15 bits per heavy atom. The number of fused-ring (bicyclic) bond motifs is 1. The Bertz CT molecular complexity index is 793. The fourth-order valence-corrected chi connectivity index (χ4v) is 4.04. The molecule has 2 amide bonds. The number of hydrogen-bond donors (Lipinski definition) is 2. The summed E-state index contributed by atoms with van der Waals surface area (Å²) in [5.74, 6) is -0.591. The second-order valence-corrected chi connectivity index (χ2v) is 6.73. The smallest absolute Gasteiger partial charge is 0.352 e. The van der Waals surface area contributed by atoms with E-state index in [0.29, 0.717) is 29.4 Å². The van der Waals surface area contributed by atoms with E-state index < -0.39 is 29.2 Å². The van der Waals surface area contributed by atoms with E-state index in [1.807, 2.05) is 6.92 Å². The SMILES string of the molecule is CCOc1cc(C(=O)NC2C(=O)N3C(C(=O)O)=CCS[C@H]23)ccc1OC. The second-order valence-electron chi connectivity index (χ2n) is 5.58. The highest BCUT2D eigenvalue weighted by atomic mass is 32.2. The van der Waals surface area contributed by atoms with E-state index in [4.69, 9.17) is 9.47 Å². The zero-order valence-electron chi connectivity index (χ0n) is 14.2. The van der Waals surface area contributed by atoms with Crippen molar-refractivity contribution in [3.8, 4) is 11.5 Å². The van der Waals surface area contributed by atoms with Gasteiger partial charge in [0.05, 0.1) is 13.7 Å². The van der Waals surface area contributed by atoms with Gasteiger partial charge in [-0.1, -0.05) is 0 Å². The summed E-state index contributed by atoms with van der Waals surface area (Å²) in [5, 5.41) is 11.4. The molecule has 0 bridgehead atoms. The third-order valence-corrected chi connectivity index (χ3v) is 5.26. The summed E-state index contributed by atoms with van der Waals surface area (Å²) >= 11 is 1.41. The van der Waals surface area contributed by atoms with Crippen LogP contribution < -0.4 is 14.8 Å². The lowest BCUT2D eigenvalue weighted by Gasteiger charge is -2.48. The van der Waals surface area contributed by atoms with Gasteiger partial charge in [-0.25, -0.2) is 4.79 Å². The predicted molar refractivity (Wildman–Crippen MR) is 94.2 cm³/mol. The maximum absolute atomic E-state index is 12.5. The minimum atomic E-state index is -1.15. The highest BCUT2D eigenvalue weighted by Gasteiger charge is 2.52. The van der Waals surface area contributed by atoms with Gasteiger partial charge in [0.2, 0.25) is 0 Å². The monoisotopic (exact) mass is 378 g/mol. The maximum Gasteiger partial charge on any atom is 0.352 e. The lowest BCUT2D eigenvalue weighted by Crippen LogP contribution is -2.70. The van der Waals surface area contributed by atoms with Gasteiger partial charge < -0.3 is 19.9 Å². The van der Waals surface area contributed by atoms with Crippen LogP contribution in [0, 0.1) is 0 Å². The molecule has 0 aliphatic carbocycles. The molecule has 1 unspecified atom stereocenters. The second kappa shape index (κ2) is 7.28. The number of carboxylic acids is 1. The van der Waals surface area contributed by atoms with Crippen LogP contribution in [-0.4, -0.2) is 58.7 Å². The van der Waals surface area contributed by atoms with Crippen LogP contribution in [0.3, 0.4) is 0 Å². The summed E-state index contributed by atoms with van der Waals surface area (Å²) in [6, 6.07) is 3.99. The number of carboxylic acid groups (broad SMARTS) is 1. The fourth-order valence-electron chi connectivity index (χ4n) is 2.85. The van der Waals surface area contributed by atoms with E-state index >= 15 is 0 Å². The Morgan fingerprint density at radius 1 is 1.38 bits per heavy atom. The fraction of sp³-hybridized carbons (Fsp3) is 0.353. The molecule has 1 aromatic rings. The first-order chi connectivity index (χ1) is 12.5. The van der Waals surface area contributed by atoms with Crippen molar-refractivity contribution in [1.82, 2.24) is 10.2 Å². The van der Waals surface area contributed by atoms with Gasteiger partial charge in [0.25, 0.3) is 11.8 Å². The molecule has 2 heterocycles. The van der Waals surface area contributed by atoms with E-state index in [9.17, 15) is 19.5 Å². The number of carbonyl (C=O) groups excluding carboxylic acids is 2. The van der Waals surface area contributed by atoms with Crippen molar-refractivity contribution in [2.24, 2.45) is 0 Å². The number of benzene rings is 1. The number of nitrogens with zero attached hydrogens (tertiary/aromatic N) is 1. The highest BCUT2D eigenvalue weighted by molar-refractivity contribution is 8.00. The van der Waals surface area contributed by atoms with Crippen molar-refractivity contribution >= 4 is 29.5 Å². The molecule has 0 saturated carbocycles. The van der Waals surface area contributed by atoms with Crippen LogP contribution in [0.2, 0.25) is 0 Å². The standard InChI is InChI=1S/C17H18N2O6S/c1-3-25-12-8-9(4-5-11(12)24-2)14(20)18-13-15(21)19-10(17(22)23)6-7-26-16(13)19/h4-6,8,13,16H,3,7H2,1-2H3,(H,18,20)(H,22,23)/t13?,16-/m1/s1. The largest absolute Gasteiger partial charge is 0.493 e. The van der Waals surface area contributed by atoms with Gasteiger partial charge in [0.1, 0.15) is 17.1 Å². The quantitative estimate of drug-likeness (QED) is 0.714. The first-order valence-electron chi connectivity index (χ1n) is 7.97. The third kappa shape index (κ3) is 3.10. The topological polar surface area (TPSA) is 105 Å². The number of hydrogen-bond acceptors (Lipinski definition) is 6. The number of rotatable bonds is 6. The number of nitrogens with one attached hydrogen (secondary N) is 1. The summed E-state index contributed by atoms with van der Waals surface area (Å²) in [6.45, 7) is 2.24. The van der Waals surface area contributed by atoms with Gasteiger partial charge in [-0.2, -0.15) is 0 Å². The zero-order valence-corrected chi connectivity index (χ0v) is 15.0. The van der Waals surface area contributed by atoms with Crippen molar-refractivity contribution in [2.45, 2.75) is 18.3 Å². The van der Waals surface area contributed by atoms with E-state index in [2.05, 4.69) is 5.32 Å². The summed E-state index contributed by atoms with van der Waals surface area (Å²) in [7, 11) is 1.51. The van der Waals surface area contributed by atoms with Crippen LogP contribution in [0.15, 0.2) is 30.0 Å². The number of carbonyl (C=O) groups is 3. The van der Waals surface area contributed by atoms with Crippen LogP contribution in [0.4, 0.5) is 0 Å². The zero-order chi connectivity index (χ0) is 18.8. The highest BCUT2D eigenvalue weighted by Crippen LogP contribution is 2.37. The molecule has 9 heteroatoms. The summed E-state index contributed by atoms with van der Waals surface area (Å²) in [5.41, 5.74) is 0.294. The Labute approximate surface area is 154 Å². The average Bonchev–Trinajstić information content (AvgIpc) is 2.65. The molecule has 8 nitrogen and oxygen atoms in total. The van der Waals surface area contributed by atoms with Crippen molar-refractivity contribution in [2.75, 3.05) is 19.5 Å². The number of ether oxygens (including phenoxy) is 2. The molecule has 0 radical (unpaired) electrons. The molecule has 1 aromatic carbocycles. The molecule has 1 saturated heterocycles. The van der Waals surface area contributed by atoms with Crippen molar-refractivity contribution in [1.29, 1.82) is 0 Å². The molecular formula is C17H18N2O6S. The molecule has 2 atom stereocenters. The average molecular weight is 378 g/mol. The van der Waals surface area contributed by atoms with Gasteiger partial charge in [-0.05, 0) is 31.2 Å². The molecule has 2 N–H and O–H groups in total. The van der Waals surface area contributed by atoms with Crippen LogP contribution in [0.1, 0.15) is 17.3 Å². The number of methoxy groups -OCH3 is 1. The van der Waals surface area contributed by atoms with Gasteiger partial charge in [-0.15, -0.1) is 11.8 Å². The molecule has 0 aromatic heterocycles. The van der Waals surface area contributed by atoms with Crippen LogP contribution in [0.25, 0.3) is 0 Å². The number of β-lactam (4-membered cyclic amide) rings is 1. The van der Waals surface area contributed by atoms with Crippen LogP contribution in [0.5, 0.6) is 11.5 Å². The lowest BCUT2D eigenvalue weighted by molar-refractivity contribution is -0.148. The van der Waals surface area contributed by atoms with Crippen molar-refractivity contribution in [3.63, 3.8) is 0 Å². The van der Waals surface area contributed by atoms with Gasteiger partial charge in [0.15, 0.2) is 11.5 Å². The maximum atomic E-state index is 12.5. The minimum absolute atomic E-state index is 0.0349. The van der Waals surface area contributed by atoms with Crippen molar-refractivity contribution in [3.05, 3.63) is 35.5 Å². The predicted octanol–water partition coefficient (Wildman–Crippen LogP) is 1.08. The van der Waals surface area contributed by atoms with E-state index in [1.54, 1.807) is 18.2 Å². The molecule has 0 spiro atoms. The minimum Gasteiger partial charge on any atom is -0.493 e. The number of thioether (sulfide) groups is 1. The molecule has 2 aliphatic rings. The molecule has 3 rings (SSSR count). The number of aliphatic carboxylic acids is 1. The van der Waals surface area contributed by atoms with Crippen LogP contribution >= 0.6 is 11.8 Å². The normalized spacial score (nSPS) is 21.2. The van der Waals surface area contributed by atoms with Gasteiger partial charge >= 0.3 is 5.97 Å². The van der Waals surface area contributed by atoms with Crippen molar-refractivity contribution < 1.29 is 29.0 Å². The molecule has 138 valence electrons. The first kappa shape index (κ1) is 18.1. The number of amides is 2. The Morgan fingerprint density at radius 3 is 2.81 bits per heavy atom. The Kier molecular flexibility index (Phi) is 5.08. The molecule has 26 heavy (non-hydrogen) atoms. The van der Waals surface area contributed by atoms with E-state index in [0.717, 1.165) is 0 Å². The summed E-state index contributed by atoms with van der Waals surface area (Å²) in [4.78, 5) is 37.2. The summed E-state index contributed by atoms with van der Waals surface area (Å²) < 4.78 is 10.6. The van der Waals surface area contributed by atoms with E-state index in [1.165, 1.54) is 29.8 Å². The molecular weight excluding hydrogens is 360 g/mol. The third-order valence-electron chi connectivity index (χ3n) is 4.08. The molecule has 1 fully saturated rings. The Hall–Kier alpha value is -2.68. The van der Waals surface area contributed by atoms with Gasteiger partial charge in [0, 0.05) is 11.3 Å². The Balaban J connectivity index is 1.73. The van der Waals surface area contributed by atoms with E-state index in [-0.39, 0.29) is 5.70 Å². The summed E-state index contributed by atoms with van der Waals surface area (Å²) in [6.07, 6.45) is 1.50. The lowest BCUT2D eigenvalue weighted by atomic mass is 10.0. The molecule has 2 aliphatic heterocycles. The van der Waals surface area contributed by atoms with Gasteiger partial charge in [-0.3, -0.25) is 14.5 Å². The first-order valence-corrected chi connectivity index (χ1v) is 9.02.